The molecule has 0 spiro atoms. The van der Waals surface area contributed by atoms with Crippen molar-refractivity contribution in [2.24, 2.45) is 0 Å². The first kappa shape index (κ1) is 18.5. The van der Waals surface area contributed by atoms with E-state index < -0.39 is 6.10 Å². The van der Waals surface area contributed by atoms with Crippen molar-refractivity contribution in [2.75, 3.05) is 35.2 Å². The molecule has 6 heteroatoms. The van der Waals surface area contributed by atoms with Gasteiger partial charge in [0.2, 0.25) is 0 Å². The molecule has 1 unspecified atom stereocenters. The van der Waals surface area contributed by atoms with E-state index in [9.17, 15) is 9.59 Å². The van der Waals surface area contributed by atoms with Crippen LogP contribution in [-0.2, 0) is 9.53 Å². The molecule has 0 aromatic heterocycles. The Labute approximate surface area is 164 Å². The number of carbonyl (C=O) groups excluding carboxylic acids is 2. The summed E-state index contributed by atoms with van der Waals surface area (Å²) in [7, 11) is 0. The normalized spacial score (nSPS) is 18.9. The van der Waals surface area contributed by atoms with E-state index in [4.69, 9.17) is 4.74 Å². The Morgan fingerprint density at radius 1 is 0.964 bits per heavy atom. The molecule has 0 aliphatic carbocycles. The molecule has 146 valence electrons. The number of benzene rings is 2. The fourth-order valence-corrected chi connectivity index (χ4v) is 3.75. The summed E-state index contributed by atoms with van der Waals surface area (Å²) in [6, 6.07) is 14.9. The number of anilines is 3. The Kier molecular flexibility index (Phi) is 5.58. The standard InChI is InChI=1S/C22H25N3O3/c26-21(24-18-9-1-2-10-19(18)25-12-3-4-13-25)16-7-5-8-17(15-16)23-22(27)20-11-6-14-28-20/h1-2,5,7-10,15,20H,3-4,6,11-14H2,(H,23,27)(H,24,26). The Bertz CT molecular complexity index is 856. The van der Waals surface area contributed by atoms with Crippen LogP contribution in [0.2, 0.25) is 0 Å². The minimum absolute atomic E-state index is 0.158. The summed E-state index contributed by atoms with van der Waals surface area (Å²) in [4.78, 5) is 27.3. The van der Waals surface area contributed by atoms with Gasteiger partial charge in [-0.15, -0.1) is 0 Å². The second-order valence-corrected chi connectivity index (χ2v) is 7.24. The number of nitrogens with one attached hydrogen (secondary N) is 2. The predicted octanol–water partition coefficient (Wildman–Crippen LogP) is 3.66. The molecule has 2 fully saturated rings. The van der Waals surface area contributed by atoms with Crippen molar-refractivity contribution in [3.63, 3.8) is 0 Å². The van der Waals surface area contributed by atoms with Gasteiger partial charge in [-0.1, -0.05) is 18.2 Å². The molecule has 2 aromatic carbocycles. The number of nitrogens with zero attached hydrogens (tertiary/aromatic N) is 1. The summed E-state index contributed by atoms with van der Waals surface area (Å²) in [5.41, 5.74) is 2.96. The Morgan fingerprint density at radius 3 is 2.57 bits per heavy atom. The topological polar surface area (TPSA) is 70.7 Å². The van der Waals surface area contributed by atoms with Crippen LogP contribution in [-0.4, -0.2) is 37.6 Å². The highest BCUT2D eigenvalue weighted by Gasteiger charge is 2.23. The van der Waals surface area contributed by atoms with Crippen LogP contribution in [0.1, 0.15) is 36.0 Å². The van der Waals surface area contributed by atoms with Gasteiger partial charge in [0.25, 0.3) is 11.8 Å². The monoisotopic (exact) mass is 379 g/mol. The van der Waals surface area contributed by atoms with E-state index in [1.165, 1.54) is 12.8 Å². The van der Waals surface area contributed by atoms with E-state index in [-0.39, 0.29) is 11.8 Å². The second-order valence-electron chi connectivity index (χ2n) is 7.24. The number of hydrogen-bond donors (Lipinski definition) is 2. The average Bonchev–Trinajstić information content (AvgIpc) is 3.43. The molecule has 2 N–H and O–H groups in total. The van der Waals surface area contributed by atoms with Gasteiger partial charge in [-0.05, 0) is 56.0 Å². The first-order chi connectivity index (χ1) is 13.7. The highest BCUT2D eigenvalue weighted by molar-refractivity contribution is 6.07. The molecule has 4 rings (SSSR count). The van der Waals surface area contributed by atoms with Gasteiger partial charge in [0.1, 0.15) is 6.10 Å². The number of para-hydroxylation sites is 2. The maximum absolute atomic E-state index is 12.8. The van der Waals surface area contributed by atoms with Crippen LogP contribution in [0, 0.1) is 0 Å². The van der Waals surface area contributed by atoms with Crippen molar-refractivity contribution < 1.29 is 14.3 Å². The Hall–Kier alpha value is -2.86. The summed E-state index contributed by atoms with van der Waals surface area (Å²) in [6.45, 7) is 2.65. The number of amides is 2. The van der Waals surface area contributed by atoms with Gasteiger partial charge in [-0.3, -0.25) is 9.59 Å². The van der Waals surface area contributed by atoms with Crippen LogP contribution < -0.4 is 15.5 Å². The van der Waals surface area contributed by atoms with Crippen LogP contribution in [0.15, 0.2) is 48.5 Å². The summed E-state index contributed by atoms with van der Waals surface area (Å²) in [6.07, 6.45) is 3.59. The lowest BCUT2D eigenvalue weighted by Gasteiger charge is -2.21. The van der Waals surface area contributed by atoms with E-state index in [0.29, 0.717) is 17.9 Å². The van der Waals surface area contributed by atoms with Gasteiger partial charge in [-0.2, -0.15) is 0 Å². The van der Waals surface area contributed by atoms with Crippen molar-refractivity contribution in [3.8, 4) is 0 Å². The molecular weight excluding hydrogens is 354 g/mol. The van der Waals surface area contributed by atoms with Crippen LogP contribution in [0.4, 0.5) is 17.1 Å². The largest absolute Gasteiger partial charge is 0.370 e. The summed E-state index contributed by atoms with van der Waals surface area (Å²) >= 11 is 0. The van der Waals surface area contributed by atoms with E-state index in [2.05, 4.69) is 15.5 Å². The molecule has 28 heavy (non-hydrogen) atoms. The number of rotatable bonds is 5. The van der Waals surface area contributed by atoms with Crippen molar-refractivity contribution in [1.82, 2.24) is 0 Å². The van der Waals surface area contributed by atoms with Crippen LogP contribution in [0.25, 0.3) is 0 Å². The first-order valence-corrected chi connectivity index (χ1v) is 9.88. The fraction of sp³-hybridized carbons (Fsp3) is 0.364. The van der Waals surface area contributed by atoms with E-state index in [1.807, 2.05) is 24.3 Å². The second kappa shape index (κ2) is 8.44. The van der Waals surface area contributed by atoms with Crippen LogP contribution in [0.3, 0.4) is 0 Å². The van der Waals surface area contributed by atoms with Crippen molar-refractivity contribution in [3.05, 3.63) is 54.1 Å². The molecular formula is C22H25N3O3. The SMILES string of the molecule is O=C(Nc1ccccc1N1CCCC1)c1cccc(NC(=O)C2CCCO2)c1. The Balaban J connectivity index is 1.46. The maximum atomic E-state index is 12.8. The van der Waals surface area contributed by atoms with Crippen molar-refractivity contribution in [2.45, 2.75) is 31.8 Å². The molecule has 2 amide bonds. The lowest BCUT2D eigenvalue weighted by molar-refractivity contribution is -0.124. The highest BCUT2D eigenvalue weighted by atomic mass is 16.5. The highest BCUT2D eigenvalue weighted by Crippen LogP contribution is 2.29. The number of hydrogen-bond acceptors (Lipinski definition) is 4. The zero-order chi connectivity index (χ0) is 19.3. The minimum Gasteiger partial charge on any atom is -0.370 e. The first-order valence-electron chi connectivity index (χ1n) is 9.88. The zero-order valence-corrected chi connectivity index (χ0v) is 15.8. The number of ether oxygens (including phenoxy) is 1. The van der Waals surface area contributed by atoms with Gasteiger partial charge in [-0.25, -0.2) is 0 Å². The molecule has 6 nitrogen and oxygen atoms in total. The maximum Gasteiger partial charge on any atom is 0.255 e. The molecule has 0 saturated carbocycles. The van der Waals surface area contributed by atoms with Gasteiger partial charge in [0.05, 0.1) is 11.4 Å². The third kappa shape index (κ3) is 4.17. The molecule has 1 atom stereocenters. The Morgan fingerprint density at radius 2 is 1.79 bits per heavy atom. The summed E-state index contributed by atoms with van der Waals surface area (Å²) in [5.74, 6) is -0.353. The van der Waals surface area contributed by atoms with Gasteiger partial charge < -0.3 is 20.3 Å². The summed E-state index contributed by atoms with van der Waals surface area (Å²) < 4.78 is 5.41. The smallest absolute Gasteiger partial charge is 0.255 e. The molecule has 0 radical (unpaired) electrons. The number of carbonyl (C=O) groups is 2. The molecule has 2 aromatic rings. The lowest BCUT2D eigenvalue weighted by Crippen LogP contribution is -2.27. The van der Waals surface area contributed by atoms with Gasteiger partial charge in [0.15, 0.2) is 0 Å². The molecule has 0 bridgehead atoms. The quantitative estimate of drug-likeness (QED) is 0.832. The molecule has 2 heterocycles. The van der Waals surface area contributed by atoms with Crippen molar-refractivity contribution in [1.29, 1.82) is 0 Å². The van der Waals surface area contributed by atoms with Crippen molar-refractivity contribution >= 4 is 28.9 Å². The van der Waals surface area contributed by atoms with Gasteiger partial charge >= 0.3 is 0 Å². The molecule has 2 saturated heterocycles. The minimum atomic E-state index is -0.398. The van der Waals surface area contributed by atoms with Gasteiger partial charge in [0, 0.05) is 30.9 Å². The predicted molar refractivity (Wildman–Crippen MR) is 110 cm³/mol. The van der Waals surface area contributed by atoms with Crippen LogP contribution >= 0.6 is 0 Å². The van der Waals surface area contributed by atoms with Crippen LogP contribution in [0.5, 0.6) is 0 Å². The fourth-order valence-electron chi connectivity index (χ4n) is 3.75. The van der Waals surface area contributed by atoms with E-state index in [1.54, 1.807) is 24.3 Å². The van der Waals surface area contributed by atoms with E-state index in [0.717, 1.165) is 37.3 Å². The lowest BCUT2D eigenvalue weighted by atomic mass is 10.1. The average molecular weight is 379 g/mol. The van der Waals surface area contributed by atoms with E-state index >= 15 is 0 Å². The summed E-state index contributed by atoms with van der Waals surface area (Å²) in [5, 5.41) is 5.87. The zero-order valence-electron chi connectivity index (χ0n) is 15.8. The molecule has 2 aliphatic rings. The third-order valence-electron chi connectivity index (χ3n) is 5.21. The third-order valence-corrected chi connectivity index (χ3v) is 5.21. The molecule has 2 aliphatic heterocycles.